The first kappa shape index (κ1) is 17.4. The van der Waals surface area contributed by atoms with E-state index in [0.717, 1.165) is 0 Å². The lowest BCUT2D eigenvalue weighted by molar-refractivity contribution is -0.120. The van der Waals surface area contributed by atoms with Crippen molar-refractivity contribution in [3.05, 3.63) is 23.8 Å². The molecular weight excluding hydrogens is 296 g/mol. The third-order valence-corrected chi connectivity index (χ3v) is 3.62. The summed E-state index contributed by atoms with van der Waals surface area (Å²) < 4.78 is 32.9. The summed E-state index contributed by atoms with van der Waals surface area (Å²) in [5.41, 5.74) is 0.456. The highest BCUT2D eigenvalue weighted by Gasteiger charge is 2.14. The van der Waals surface area contributed by atoms with Crippen molar-refractivity contribution in [3.63, 3.8) is 0 Å². The molecule has 1 amide bonds. The molecule has 0 saturated carbocycles. The first-order valence-electron chi connectivity index (χ1n) is 6.42. The molecule has 1 rings (SSSR count). The summed E-state index contributed by atoms with van der Waals surface area (Å²) in [5, 5.41) is 7.75. The minimum Gasteiger partial charge on any atom is -0.496 e. The number of hydrogen-bond donors (Lipinski definition) is 2. The predicted molar refractivity (Wildman–Crippen MR) is 77.6 cm³/mol. The molecular formula is C13H20N2O5S. The molecule has 1 aromatic carbocycles. The van der Waals surface area contributed by atoms with E-state index in [9.17, 15) is 13.2 Å². The van der Waals surface area contributed by atoms with Crippen molar-refractivity contribution in [1.29, 1.82) is 0 Å². The third kappa shape index (κ3) is 5.70. The molecule has 0 heterocycles. The molecule has 3 N–H and O–H groups in total. The summed E-state index contributed by atoms with van der Waals surface area (Å²) in [6, 6.07) is 4.16. The first-order chi connectivity index (χ1) is 9.88. The fourth-order valence-corrected chi connectivity index (χ4v) is 2.28. The van der Waals surface area contributed by atoms with E-state index < -0.39 is 10.0 Å². The van der Waals surface area contributed by atoms with E-state index in [2.05, 4.69) is 5.32 Å². The smallest absolute Gasteiger partial charge is 0.238 e. The SMILES string of the molecule is CCOCCNC(=O)Cc1cc(S(N)(=O)=O)ccc1OC. The van der Waals surface area contributed by atoms with Crippen LogP contribution in [0.2, 0.25) is 0 Å². The Bertz CT molecular complexity index is 586. The van der Waals surface area contributed by atoms with Gasteiger partial charge < -0.3 is 14.8 Å². The van der Waals surface area contributed by atoms with Gasteiger partial charge in [0.1, 0.15) is 5.75 Å². The van der Waals surface area contributed by atoms with Crippen LogP contribution in [0.15, 0.2) is 23.1 Å². The third-order valence-electron chi connectivity index (χ3n) is 2.70. The van der Waals surface area contributed by atoms with Crippen LogP contribution >= 0.6 is 0 Å². The second kappa shape index (κ2) is 7.96. The average molecular weight is 316 g/mol. The number of sulfonamides is 1. The van der Waals surface area contributed by atoms with E-state index in [1.165, 1.54) is 25.3 Å². The van der Waals surface area contributed by atoms with E-state index >= 15 is 0 Å². The molecule has 0 atom stereocenters. The zero-order valence-electron chi connectivity index (χ0n) is 12.1. The largest absolute Gasteiger partial charge is 0.496 e. The van der Waals surface area contributed by atoms with Crippen LogP contribution < -0.4 is 15.2 Å². The van der Waals surface area contributed by atoms with Crippen molar-refractivity contribution in [1.82, 2.24) is 5.32 Å². The number of hydrogen-bond acceptors (Lipinski definition) is 5. The Labute approximate surface area is 124 Å². The molecule has 1 aromatic rings. The average Bonchev–Trinajstić information content (AvgIpc) is 2.42. The maximum Gasteiger partial charge on any atom is 0.238 e. The van der Waals surface area contributed by atoms with E-state index in [4.69, 9.17) is 14.6 Å². The van der Waals surface area contributed by atoms with Crippen LogP contribution in [-0.2, 0) is 26.0 Å². The number of carbonyl (C=O) groups is 1. The minimum atomic E-state index is -3.82. The van der Waals surface area contributed by atoms with Gasteiger partial charge >= 0.3 is 0 Å². The normalized spacial score (nSPS) is 11.2. The van der Waals surface area contributed by atoms with Crippen molar-refractivity contribution < 1.29 is 22.7 Å². The van der Waals surface area contributed by atoms with Crippen LogP contribution in [0, 0.1) is 0 Å². The Kier molecular flexibility index (Phi) is 6.60. The van der Waals surface area contributed by atoms with Crippen LogP contribution in [0.3, 0.4) is 0 Å². The fourth-order valence-electron chi connectivity index (χ4n) is 1.71. The van der Waals surface area contributed by atoms with E-state index in [0.29, 0.717) is 31.1 Å². The predicted octanol–water partition coefficient (Wildman–Crippen LogP) is 0.0378. The Hall–Kier alpha value is -1.64. The minimum absolute atomic E-state index is 0.00133. The van der Waals surface area contributed by atoms with Crippen molar-refractivity contribution in [2.45, 2.75) is 18.2 Å². The quantitative estimate of drug-likeness (QED) is 0.658. The summed E-state index contributed by atoms with van der Waals surface area (Å²) in [7, 11) is -2.37. The summed E-state index contributed by atoms with van der Waals surface area (Å²) in [4.78, 5) is 11.7. The van der Waals surface area contributed by atoms with E-state index in [-0.39, 0.29) is 17.2 Å². The molecule has 0 aromatic heterocycles. The summed E-state index contributed by atoms with van der Waals surface area (Å²) >= 11 is 0. The molecule has 0 fully saturated rings. The number of ether oxygens (including phenoxy) is 2. The number of rotatable bonds is 8. The molecule has 0 bridgehead atoms. The molecule has 0 radical (unpaired) electrons. The van der Waals surface area contributed by atoms with Gasteiger partial charge in [-0.05, 0) is 25.1 Å². The monoisotopic (exact) mass is 316 g/mol. The highest BCUT2D eigenvalue weighted by molar-refractivity contribution is 7.89. The molecule has 8 heteroatoms. The number of amides is 1. The Balaban J connectivity index is 2.78. The molecule has 21 heavy (non-hydrogen) atoms. The molecule has 118 valence electrons. The van der Waals surface area contributed by atoms with Gasteiger partial charge in [-0.25, -0.2) is 13.6 Å². The van der Waals surface area contributed by atoms with E-state index in [1.54, 1.807) is 0 Å². The topological polar surface area (TPSA) is 108 Å². The zero-order valence-corrected chi connectivity index (χ0v) is 12.9. The maximum absolute atomic E-state index is 11.8. The van der Waals surface area contributed by atoms with Crippen molar-refractivity contribution in [2.24, 2.45) is 5.14 Å². The van der Waals surface area contributed by atoms with Gasteiger partial charge in [-0.15, -0.1) is 0 Å². The van der Waals surface area contributed by atoms with Crippen LogP contribution in [0.25, 0.3) is 0 Å². The zero-order chi connectivity index (χ0) is 15.9. The summed E-state index contributed by atoms with van der Waals surface area (Å²) in [5.74, 6) is 0.182. The van der Waals surface area contributed by atoms with Gasteiger partial charge in [0.05, 0.1) is 25.0 Å². The van der Waals surface area contributed by atoms with Crippen LogP contribution in [0.5, 0.6) is 5.75 Å². The second-order valence-electron chi connectivity index (χ2n) is 4.24. The molecule has 0 spiro atoms. The maximum atomic E-state index is 11.8. The highest BCUT2D eigenvalue weighted by Crippen LogP contribution is 2.22. The van der Waals surface area contributed by atoms with Gasteiger partial charge in [0, 0.05) is 18.7 Å². The van der Waals surface area contributed by atoms with Gasteiger partial charge in [-0.1, -0.05) is 0 Å². The second-order valence-corrected chi connectivity index (χ2v) is 5.80. The number of nitrogens with one attached hydrogen (secondary N) is 1. The lowest BCUT2D eigenvalue weighted by Crippen LogP contribution is -2.28. The Morgan fingerprint density at radius 1 is 1.38 bits per heavy atom. The first-order valence-corrected chi connectivity index (χ1v) is 7.97. The van der Waals surface area contributed by atoms with Crippen LogP contribution in [0.4, 0.5) is 0 Å². The van der Waals surface area contributed by atoms with Crippen molar-refractivity contribution in [2.75, 3.05) is 26.9 Å². The standard InChI is InChI=1S/C13H20N2O5S/c1-3-20-7-6-15-13(16)9-10-8-11(21(14,17)18)4-5-12(10)19-2/h4-5,8H,3,6-7,9H2,1-2H3,(H,15,16)(H2,14,17,18). The fraction of sp³-hybridized carbons (Fsp3) is 0.462. The van der Waals surface area contributed by atoms with Gasteiger partial charge in [0.2, 0.25) is 15.9 Å². The number of carbonyl (C=O) groups excluding carboxylic acids is 1. The molecule has 7 nitrogen and oxygen atoms in total. The molecule has 0 aliphatic carbocycles. The Morgan fingerprint density at radius 2 is 2.10 bits per heavy atom. The molecule has 0 aliphatic rings. The number of nitrogens with two attached hydrogens (primary N) is 1. The van der Waals surface area contributed by atoms with Crippen LogP contribution in [0.1, 0.15) is 12.5 Å². The van der Waals surface area contributed by atoms with Crippen molar-refractivity contribution in [3.8, 4) is 5.75 Å². The van der Waals surface area contributed by atoms with Gasteiger partial charge in [0.15, 0.2) is 0 Å². The lowest BCUT2D eigenvalue weighted by Gasteiger charge is -2.10. The Morgan fingerprint density at radius 3 is 2.67 bits per heavy atom. The van der Waals surface area contributed by atoms with Gasteiger partial charge in [-0.2, -0.15) is 0 Å². The van der Waals surface area contributed by atoms with Gasteiger partial charge in [-0.3, -0.25) is 4.79 Å². The van der Waals surface area contributed by atoms with Gasteiger partial charge in [0.25, 0.3) is 0 Å². The number of benzene rings is 1. The highest BCUT2D eigenvalue weighted by atomic mass is 32.2. The number of primary sulfonamides is 1. The van der Waals surface area contributed by atoms with Crippen molar-refractivity contribution >= 4 is 15.9 Å². The summed E-state index contributed by atoms with van der Waals surface area (Å²) in [6.07, 6.45) is -0.00133. The lowest BCUT2D eigenvalue weighted by atomic mass is 10.1. The van der Waals surface area contributed by atoms with E-state index in [1.807, 2.05) is 6.92 Å². The molecule has 0 unspecified atom stereocenters. The van der Waals surface area contributed by atoms with Crippen LogP contribution in [-0.4, -0.2) is 41.2 Å². The number of methoxy groups -OCH3 is 1. The summed E-state index contributed by atoms with van der Waals surface area (Å²) in [6.45, 7) is 3.27. The molecule has 0 aliphatic heterocycles. The molecule has 0 saturated heterocycles.